The third-order valence-corrected chi connectivity index (χ3v) is 4.45. The fourth-order valence-electron chi connectivity index (χ4n) is 2.90. The van der Waals surface area contributed by atoms with Crippen LogP contribution in [0.25, 0.3) is 5.70 Å². The van der Waals surface area contributed by atoms with Crippen molar-refractivity contribution in [2.24, 2.45) is 0 Å². The fraction of sp³-hybridized carbons (Fsp3) is 0.211. The average molecular weight is 443 g/mol. The Morgan fingerprint density at radius 2 is 1.90 bits per heavy atom. The number of nitrogens with one attached hydrogen (secondary N) is 3. The van der Waals surface area contributed by atoms with Crippen LogP contribution in [-0.2, 0) is 0 Å². The Bertz CT molecular complexity index is 982. The second-order valence-corrected chi connectivity index (χ2v) is 6.64. The van der Waals surface area contributed by atoms with E-state index in [1.165, 1.54) is 25.3 Å². The largest absolute Gasteiger partial charge is 0.573 e. The molecule has 0 atom stereocenters. The summed E-state index contributed by atoms with van der Waals surface area (Å²) >= 11 is 6.29. The van der Waals surface area contributed by atoms with Gasteiger partial charge < -0.3 is 25.1 Å². The van der Waals surface area contributed by atoms with E-state index in [9.17, 15) is 18.0 Å². The SMILES string of the molecule is COc1ccc(NC(=O)Nc2ccccc2OC(F)(F)F)cc1C1=C(Cl)CNN1C. The smallest absolute Gasteiger partial charge is 0.496 e. The maximum Gasteiger partial charge on any atom is 0.573 e. The van der Waals surface area contributed by atoms with Gasteiger partial charge in [0.25, 0.3) is 0 Å². The quantitative estimate of drug-likeness (QED) is 0.631. The first-order valence-electron chi connectivity index (χ1n) is 8.65. The molecule has 2 aromatic rings. The molecule has 2 aromatic carbocycles. The number of anilines is 2. The van der Waals surface area contributed by atoms with Crippen LogP contribution >= 0.6 is 11.6 Å². The van der Waals surface area contributed by atoms with E-state index in [1.807, 2.05) is 0 Å². The van der Waals surface area contributed by atoms with Crippen LogP contribution in [0, 0.1) is 0 Å². The van der Waals surface area contributed by atoms with E-state index >= 15 is 0 Å². The van der Waals surface area contributed by atoms with Crippen LogP contribution < -0.4 is 25.5 Å². The summed E-state index contributed by atoms with van der Waals surface area (Å²) in [6, 6.07) is 9.38. The summed E-state index contributed by atoms with van der Waals surface area (Å²) in [6.07, 6.45) is -4.88. The number of urea groups is 1. The second-order valence-electron chi connectivity index (χ2n) is 6.19. The molecule has 0 unspecified atom stereocenters. The zero-order chi connectivity index (χ0) is 21.9. The maximum atomic E-state index is 12.5. The number of methoxy groups -OCH3 is 1. The van der Waals surface area contributed by atoms with Crippen molar-refractivity contribution in [3.05, 3.63) is 53.1 Å². The van der Waals surface area contributed by atoms with Crippen LogP contribution in [0.3, 0.4) is 0 Å². The minimum absolute atomic E-state index is 0.133. The fourth-order valence-corrected chi connectivity index (χ4v) is 3.19. The molecular formula is C19H18ClF3N4O3. The highest BCUT2D eigenvalue weighted by Crippen LogP contribution is 2.35. The van der Waals surface area contributed by atoms with Crippen LogP contribution in [0.1, 0.15) is 5.56 Å². The summed E-state index contributed by atoms with van der Waals surface area (Å²) in [5, 5.41) is 7.22. The first kappa shape index (κ1) is 21.6. The lowest BCUT2D eigenvalue weighted by molar-refractivity contribution is -0.274. The van der Waals surface area contributed by atoms with E-state index in [0.717, 1.165) is 6.07 Å². The van der Waals surface area contributed by atoms with Gasteiger partial charge in [0, 0.05) is 18.3 Å². The summed E-state index contributed by atoms with van der Waals surface area (Å²) in [5.74, 6) is 0.0137. The number of hydrazine groups is 1. The number of carbonyl (C=O) groups excluding carboxylic acids is 1. The number of para-hydroxylation sites is 2. The van der Waals surface area contributed by atoms with Gasteiger partial charge in [0.2, 0.25) is 0 Å². The lowest BCUT2D eigenvalue weighted by Gasteiger charge is -2.19. The van der Waals surface area contributed by atoms with Crippen LogP contribution in [0.4, 0.5) is 29.3 Å². The van der Waals surface area contributed by atoms with Crippen LogP contribution in [0.5, 0.6) is 11.5 Å². The van der Waals surface area contributed by atoms with E-state index in [4.69, 9.17) is 16.3 Å². The summed E-state index contributed by atoms with van der Waals surface area (Å²) in [5.41, 5.74) is 4.62. The first-order valence-corrected chi connectivity index (χ1v) is 9.03. The molecule has 1 aliphatic heterocycles. The minimum atomic E-state index is -4.88. The summed E-state index contributed by atoms with van der Waals surface area (Å²) in [4.78, 5) is 12.4. The van der Waals surface area contributed by atoms with Gasteiger partial charge in [-0.3, -0.25) is 0 Å². The topological polar surface area (TPSA) is 74.9 Å². The van der Waals surface area contributed by atoms with Crippen molar-refractivity contribution in [3.63, 3.8) is 0 Å². The lowest BCUT2D eigenvalue weighted by Crippen LogP contribution is -2.27. The second kappa shape index (κ2) is 8.72. The van der Waals surface area contributed by atoms with Crippen LogP contribution in [0.2, 0.25) is 0 Å². The van der Waals surface area contributed by atoms with E-state index in [2.05, 4.69) is 20.8 Å². The molecule has 0 saturated carbocycles. The molecule has 0 fully saturated rings. The van der Waals surface area contributed by atoms with Crippen LogP contribution in [0.15, 0.2) is 47.5 Å². The summed E-state index contributed by atoms with van der Waals surface area (Å²) in [7, 11) is 3.29. The molecule has 2 amide bonds. The number of alkyl halides is 3. The Morgan fingerprint density at radius 3 is 2.53 bits per heavy atom. The van der Waals surface area contributed by atoms with E-state index < -0.39 is 18.1 Å². The molecule has 0 radical (unpaired) electrons. The van der Waals surface area contributed by atoms with Crippen molar-refractivity contribution in [1.82, 2.24) is 10.4 Å². The molecule has 1 aliphatic rings. The zero-order valence-corrected chi connectivity index (χ0v) is 16.7. The lowest BCUT2D eigenvalue weighted by atomic mass is 10.1. The van der Waals surface area contributed by atoms with Gasteiger partial charge >= 0.3 is 12.4 Å². The normalized spacial score (nSPS) is 14.0. The Kier molecular flexibility index (Phi) is 6.28. The zero-order valence-electron chi connectivity index (χ0n) is 15.9. The number of carbonyl (C=O) groups is 1. The number of benzene rings is 2. The highest BCUT2D eigenvalue weighted by Gasteiger charge is 2.32. The number of hydrogen-bond donors (Lipinski definition) is 3. The van der Waals surface area contributed by atoms with Gasteiger partial charge in [0.05, 0.1) is 30.1 Å². The van der Waals surface area contributed by atoms with Crippen molar-refractivity contribution >= 4 is 34.7 Å². The van der Waals surface area contributed by atoms with Gasteiger partial charge in [0.1, 0.15) is 5.75 Å². The maximum absolute atomic E-state index is 12.5. The molecule has 3 rings (SSSR count). The average Bonchev–Trinajstić information content (AvgIpc) is 3.00. The highest BCUT2D eigenvalue weighted by molar-refractivity contribution is 6.33. The molecule has 11 heteroatoms. The van der Waals surface area contributed by atoms with E-state index in [1.54, 1.807) is 30.3 Å². The molecule has 3 N–H and O–H groups in total. The van der Waals surface area contributed by atoms with Crippen molar-refractivity contribution in [2.75, 3.05) is 31.3 Å². The Morgan fingerprint density at radius 1 is 1.17 bits per heavy atom. The van der Waals surface area contributed by atoms with Crippen molar-refractivity contribution in [3.8, 4) is 11.5 Å². The Balaban J connectivity index is 1.80. The number of rotatable bonds is 5. The molecule has 1 heterocycles. The van der Waals surface area contributed by atoms with E-state index in [-0.39, 0.29) is 5.69 Å². The third-order valence-electron chi connectivity index (χ3n) is 4.14. The van der Waals surface area contributed by atoms with Gasteiger partial charge in [-0.1, -0.05) is 23.7 Å². The number of halogens is 4. The molecule has 7 nitrogen and oxygen atoms in total. The van der Waals surface area contributed by atoms with Crippen molar-refractivity contribution < 1.29 is 27.4 Å². The molecule has 0 aromatic heterocycles. The predicted octanol–water partition coefficient (Wildman–Crippen LogP) is 4.60. The Labute approximate surface area is 175 Å². The van der Waals surface area contributed by atoms with Crippen molar-refractivity contribution in [2.45, 2.75) is 6.36 Å². The summed E-state index contributed by atoms with van der Waals surface area (Å²) in [6.45, 7) is 0.449. The Hall–Kier alpha value is -3.11. The number of nitrogens with zero attached hydrogens (tertiary/aromatic N) is 1. The first-order chi connectivity index (χ1) is 14.2. The monoisotopic (exact) mass is 442 g/mol. The van der Waals surface area contributed by atoms with Gasteiger partial charge in [-0.15, -0.1) is 13.2 Å². The molecule has 0 spiro atoms. The summed E-state index contributed by atoms with van der Waals surface area (Å²) < 4.78 is 46.9. The van der Waals surface area contributed by atoms with Gasteiger partial charge in [0.15, 0.2) is 5.75 Å². The number of hydrogen-bond acceptors (Lipinski definition) is 5. The minimum Gasteiger partial charge on any atom is -0.496 e. The standard InChI is InChI=1S/C19H18ClF3N4O3/c1-27-17(13(20)10-24-27)12-9-11(7-8-15(12)29-2)25-18(28)26-14-5-3-4-6-16(14)30-19(21,22)23/h3-9,24H,10H2,1-2H3,(H2,25,26,28). The molecular weight excluding hydrogens is 425 g/mol. The molecule has 0 aliphatic carbocycles. The van der Waals surface area contributed by atoms with E-state index in [0.29, 0.717) is 34.3 Å². The number of amides is 2. The van der Waals surface area contributed by atoms with Crippen LogP contribution in [-0.4, -0.2) is 38.1 Å². The van der Waals surface area contributed by atoms with Gasteiger partial charge in [-0.2, -0.15) is 0 Å². The number of ether oxygens (including phenoxy) is 2. The van der Waals surface area contributed by atoms with Gasteiger partial charge in [-0.05, 0) is 30.3 Å². The molecule has 30 heavy (non-hydrogen) atoms. The molecule has 0 bridgehead atoms. The van der Waals surface area contributed by atoms with Crippen molar-refractivity contribution in [1.29, 1.82) is 0 Å². The highest BCUT2D eigenvalue weighted by atomic mass is 35.5. The molecule has 0 saturated heterocycles. The van der Waals surface area contributed by atoms with Gasteiger partial charge in [-0.25, -0.2) is 10.2 Å². The molecule has 160 valence electrons. The predicted molar refractivity (Wildman–Crippen MR) is 107 cm³/mol. The third kappa shape index (κ3) is 5.08.